The van der Waals surface area contributed by atoms with Gasteiger partial charge in [-0.3, -0.25) is 4.79 Å². The molecule has 1 heterocycles. The number of amides is 1. The average molecular weight is 224 g/mol. The zero-order valence-electron chi connectivity index (χ0n) is 10.4. The molecule has 0 unspecified atom stereocenters. The Bertz CT molecular complexity index is 345. The van der Waals surface area contributed by atoms with Crippen molar-refractivity contribution in [2.24, 2.45) is 5.92 Å². The third kappa shape index (κ3) is 3.68. The number of carbonyl (C=O) groups excluding carboxylic acids is 1. The van der Waals surface area contributed by atoms with Crippen LogP contribution in [0.15, 0.2) is 10.6 Å². The SMILES string of the molecule is CC[C@H](C)NC(=O)c1cc(CC(C)C)on1. The lowest BCUT2D eigenvalue weighted by Crippen LogP contribution is -2.32. The lowest BCUT2D eigenvalue weighted by Gasteiger charge is -2.08. The summed E-state index contributed by atoms with van der Waals surface area (Å²) in [6.07, 6.45) is 1.71. The van der Waals surface area contributed by atoms with Gasteiger partial charge in [-0.2, -0.15) is 0 Å². The summed E-state index contributed by atoms with van der Waals surface area (Å²) in [7, 11) is 0. The Balaban J connectivity index is 2.59. The standard InChI is InChI=1S/C12H20N2O2/c1-5-9(4)13-12(15)11-7-10(16-14-11)6-8(2)3/h7-9H,5-6H2,1-4H3,(H,13,15)/t9-/m0/s1. The van der Waals surface area contributed by atoms with Crippen molar-refractivity contribution < 1.29 is 9.32 Å². The van der Waals surface area contributed by atoms with Crippen molar-refractivity contribution >= 4 is 5.91 Å². The van der Waals surface area contributed by atoms with E-state index in [1.165, 1.54) is 0 Å². The highest BCUT2D eigenvalue weighted by atomic mass is 16.5. The van der Waals surface area contributed by atoms with E-state index in [1.54, 1.807) is 6.07 Å². The highest BCUT2D eigenvalue weighted by Crippen LogP contribution is 2.09. The van der Waals surface area contributed by atoms with Crippen LogP contribution in [-0.4, -0.2) is 17.1 Å². The first-order valence-electron chi connectivity index (χ1n) is 5.79. The summed E-state index contributed by atoms with van der Waals surface area (Å²) in [5.41, 5.74) is 0.371. The van der Waals surface area contributed by atoms with Crippen molar-refractivity contribution in [3.63, 3.8) is 0 Å². The van der Waals surface area contributed by atoms with Crippen LogP contribution in [0.4, 0.5) is 0 Å². The van der Waals surface area contributed by atoms with E-state index in [2.05, 4.69) is 24.3 Å². The monoisotopic (exact) mass is 224 g/mol. The molecule has 0 spiro atoms. The van der Waals surface area contributed by atoms with Crippen molar-refractivity contribution in [1.82, 2.24) is 10.5 Å². The van der Waals surface area contributed by atoms with Gasteiger partial charge in [0.15, 0.2) is 5.69 Å². The quantitative estimate of drug-likeness (QED) is 0.835. The number of rotatable bonds is 5. The lowest BCUT2D eigenvalue weighted by atomic mass is 10.1. The molecular weight excluding hydrogens is 204 g/mol. The minimum absolute atomic E-state index is 0.159. The summed E-state index contributed by atoms with van der Waals surface area (Å²) in [6, 6.07) is 1.88. The van der Waals surface area contributed by atoms with E-state index in [0.29, 0.717) is 11.6 Å². The lowest BCUT2D eigenvalue weighted by molar-refractivity contribution is 0.0930. The van der Waals surface area contributed by atoms with Gasteiger partial charge in [0.05, 0.1) is 0 Å². The maximum atomic E-state index is 11.7. The van der Waals surface area contributed by atoms with Gasteiger partial charge in [-0.15, -0.1) is 0 Å². The second-order valence-corrected chi connectivity index (χ2v) is 4.56. The van der Waals surface area contributed by atoms with Crippen LogP contribution in [0, 0.1) is 5.92 Å². The molecule has 1 aromatic heterocycles. The number of nitrogens with one attached hydrogen (secondary N) is 1. The van der Waals surface area contributed by atoms with Crippen molar-refractivity contribution in [2.45, 2.75) is 46.6 Å². The zero-order chi connectivity index (χ0) is 12.1. The third-order valence-corrected chi connectivity index (χ3v) is 2.39. The van der Waals surface area contributed by atoms with E-state index in [1.807, 2.05) is 13.8 Å². The van der Waals surface area contributed by atoms with Crippen LogP contribution >= 0.6 is 0 Å². The molecule has 16 heavy (non-hydrogen) atoms. The molecule has 0 bridgehead atoms. The Morgan fingerprint density at radius 2 is 2.19 bits per heavy atom. The molecule has 0 radical (unpaired) electrons. The van der Waals surface area contributed by atoms with Gasteiger partial charge in [0, 0.05) is 18.5 Å². The molecule has 4 nitrogen and oxygen atoms in total. The van der Waals surface area contributed by atoms with Crippen LogP contribution in [0.1, 0.15) is 50.4 Å². The molecule has 1 N–H and O–H groups in total. The van der Waals surface area contributed by atoms with E-state index in [0.717, 1.165) is 18.6 Å². The van der Waals surface area contributed by atoms with Crippen LogP contribution in [0.5, 0.6) is 0 Å². The summed E-state index contributed by atoms with van der Waals surface area (Å²) in [6.45, 7) is 8.19. The predicted octanol–water partition coefficient (Wildman–Crippen LogP) is 2.40. The van der Waals surface area contributed by atoms with E-state index >= 15 is 0 Å². The Morgan fingerprint density at radius 1 is 1.50 bits per heavy atom. The van der Waals surface area contributed by atoms with Crippen molar-refractivity contribution in [1.29, 1.82) is 0 Å². The molecule has 0 saturated heterocycles. The van der Waals surface area contributed by atoms with Crippen LogP contribution in [0.25, 0.3) is 0 Å². The molecule has 1 aromatic rings. The fourth-order valence-electron chi connectivity index (χ4n) is 1.32. The molecule has 0 fully saturated rings. The number of carbonyl (C=O) groups is 1. The predicted molar refractivity (Wildman–Crippen MR) is 62.3 cm³/mol. The summed E-state index contributed by atoms with van der Waals surface area (Å²) in [4.78, 5) is 11.7. The molecule has 0 aliphatic carbocycles. The van der Waals surface area contributed by atoms with Gasteiger partial charge >= 0.3 is 0 Å². The van der Waals surface area contributed by atoms with Gasteiger partial charge in [-0.25, -0.2) is 0 Å². The molecule has 4 heteroatoms. The second-order valence-electron chi connectivity index (χ2n) is 4.56. The Hall–Kier alpha value is -1.32. The number of hydrogen-bond acceptors (Lipinski definition) is 3. The maximum Gasteiger partial charge on any atom is 0.273 e. The highest BCUT2D eigenvalue weighted by Gasteiger charge is 2.14. The van der Waals surface area contributed by atoms with Gasteiger partial charge < -0.3 is 9.84 Å². The number of hydrogen-bond donors (Lipinski definition) is 1. The number of nitrogens with zero attached hydrogens (tertiary/aromatic N) is 1. The molecule has 0 saturated carbocycles. The van der Waals surface area contributed by atoms with Crippen LogP contribution in [0.3, 0.4) is 0 Å². The van der Waals surface area contributed by atoms with Crippen LogP contribution in [0.2, 0.25) is 0 Å². The van der Waals surface area contributed by atoms with Gasteiger partial charge in [-0.1, -0.05) is 25.9 Å². The fourth-order valence-corrected chi connectivity index (χ4v) is 1.32. The molecule has 0 aromatic carbocycles. The van der Waals surface area contributed by atoms with E-state index in [9.17, 15) is 4.79 Å². The molecule has 0 aliphatic rings. The Morgan fingerprint density at radius 3 is 2.75 bits per heavy atom. The first-order valence-corrected chi connectivity index (χ1v) is 5.79. The Labute approximate surface area is 96.4 Å². The average Bonchev–Trinajstić information content (AvgIpc) is 2.65. The fraction of sp³-hybridized carbons (Fsp3) is 0.667. The molecule has 0 aliphatic heterocycles. The van der Waals surface area contributed by atoms with E-state index in [-0.39, 0.29) is 11.9 Å². The van der Waals surface area contributed by atoms with Crippen molar-refractivity contribution in [3.05, 3.63) is 17.5 Å². The first kappa shape index (κ1) is 12.7. The molecule has 90 valence electrons. The minimum Gasteiger partial charge on any atom is -0.361 e. The number of aromatic nitrogens is 1. The van der Waals surface area contributed by atoms with Crippen molar-refractivity contribution in [2.75, 3.05) is 0 Å². The highest BCUT2D eigenvalue weighted by molar-refractivity contribution is 5.92. The topological polar surface area (TPSA) is 55.1 Å². The maximum absolute atomic E-state index is 11.7. The smallest absolute Gasteiger partial charge is 0.273 e. The largest absolute Gasteiger partial charge is 0.361 e. The first-order chi connectivity index (χ1) is 7.52. The normalized spacial score (nSPS) is 12.8. The molecule has 1 atom stereocenters. The van der Waals surface area contributed by atoms with E-state index in [4.69, 9.17) is 4.52 Å². The van der Waals surface area contributed by atoms with Gasteiger partial charge in [0.2, 0.25) is 0 Å². The summed E-state index contributed by atoms with van der Waals surface area (Å²) in [5.74, 6) is 1.11. The summed E-state index contributed by atoms with van der Waals surface area (Å²) in [5, 5.41) is 6.62. The third-order valence-electron chi connectivity index (χ3n) is 2.39. The zero-order valence-corrected chi connectivity index (χ0v) is 10.4. The van der Waals surface area contributed by atoms with Crippen molar-refractivity contribution in [3.8, 4) is 0 Å². The molecule has 1 amide bonds. The van der Waals surface area contributed by atoms with Crippen LogP contribution in [-0.2, 0) is 6.42 Å². The van der Waals surface area contributed by atoms with Gasteiger partial charge in [0.1, 0.15) is 5.76 Å². The van der Waals surface area contributed by atoms with Crippen LogP contribution < -0.4 is 5.32 Å². The summed E-state index contributed by atoms with van der Waals surface area (Å²) < 4.78 is 5.10. The van der Waals surface area contributed by atoms with Gasteiger partial charge in [-0.05, 0) is 19.3 Å². The van der Waals surface area contributed by atoms with Gasteiger partial charge in [0.25, 0.3) is 5.91 Å². The molecular formula is C12H20N2O2. The summed E-state index contributed by atoms with van der Waals surface area (Å²) >= 11 is 0. The minimum atomic E-state index is -0.159. The molecule has 1 rings (SSSR count). The second kappa shape index (κ2) is 5.68. The Kier molecular flexibility index (Phi) is 4.52. The van der Waals surface area contributed by atoms with E-state index < -0.39 is 0 Å².